The van der Waals surface area contributed by atoms with E-state index in [1.54, 1.807) is 6.33 Å². The van der Waals surface area contributed by atoms with Gasteiger partial charge >= 0.3 is 0 Å². The van der Waals surface area contributed by atoms with Crippen molar-refractivity contribution in [3.8, 4) is 0 Å². The molecular weight excluding hydrogens is 336 g/mol. The minimum absolute atomic E-state index is 0.0509. The lowest BCUT2D eigenvalue weighted by Crippen LogP contribution is -2.45. The second-order valence-corrected chi connectivity index (χ2v) is 7.08. The molecule has 2 unspecified atom stereocenters. The van der Waals surface area contributed by atoms with Crippen LogP contribution in [0.5, 0.6) is 0 Å². The van der Waals surface area contributed by atoms with Gasteiger partial charge in [-0.3, -0.25) is 4.79 Å². The number of nitrogens with one attached hydrogen (secondary N) is 1. The van der Waals surface area contributed by atoms with E-state index < -0.39 is 0 Å². The molecule has 7 heteroatoms. The van der Waals surface area contributed by atoms with Crippen LogP contribution < -0.4 is 10.2 Å². The van der Waals surface area contributed by atoms with E-state index in [-0.39, 0.29) is 18.1 Å². The molecule has 2 atom stereocenters. The van der Waals surface area contributed by atoms with Gasteiger partial charge in [0.05, 0.1) is 18.0 Å². The maximum absolute atomic E-state index is 12.1. The summed E-state index contributed by atoms with van der Waals surface area (Å²) in [6.45, 7) is 5.74. The SMILES string of the molecule is CC1CN(c2cc(SCC(=O)Nc3ccccc3)ncn2)CC(C)O1. The van der Waals surface area contributed by atoms with Gasteiger partial charge in [-0.05, 0) is 26.0 Å². The Bertz CT molecular complexity index is 703. The van der Waals surface area contributed by atoms with Crippen molar-refractivity contribution >= 4 is 29.2 Å². The second-order valence-electron chi connectivity index (χ2n) is 6.08. The Hall–Kier alpha value is -2.12. The summed E-state index contributed by atoms with van der Waals surface area (Å²) in [6.07, 6.45) is 1.90. The number of thioether (sulfide) groups is 1. The molecule has 1 fully saturated rings. The quantitative estimate of drug-likeness (QED) is 0.655. The van der Waals surface area contributed by atoms with E-state index >= 15 is 0 Å². The number of para-hydroxylation sites is 1. The van der Waals surface area contributed by atoms with E-state index in [1.807, 2.05) is 36.4 Å². The zero-order chi connectivity index (χ0) is 17.6. The first-order valence-corrected chi connectivity index (χ1v) is 9.29. The van der Waals surface area contributed by atoms with Crippen LogP contribution in [0.4, 0.5) is 11.5 Å². The molecule has 6 nitrogen and oxygen atoms in total. The molecule has 132 valence electrons. The summed E-state index contributed by atoms with van der Waals surface area (Å²) in [6, 6.07) is 11.4. The first-order chi connectivity index (χ1) is 12.1. The first kappa shape index (κ1) is 17.7. The van der Waals surface area contributed by atoms with Gasteiger partial charge in [0.1, 0.15) is 17.2 Å². The average molecular weight is 358 g/mol. The largest absolute Gasteiger partial charge is 0.372 e. The van der Waals surface area contributed by atoms with E-state index in [1.165, 1.54) is 11.8 Å². The van der Waals surface area contributed by atoms with Gasteiger partial charge in [-0.1, -0.05) is 30.0 Å². The summed E-state index contributed by atoms with van der Waals surface area (Å²) in [5, 5.41) is 3.66. The highest BCUT2D eigenvalue weighted by atomic mass is 32.2. The fraction of sp³-hybridized carbons (Fsp3) is 0.389. The fourth-order valence-corrected chi connectivity index (χ4v) is 3.47. The average Bonchev–Trinajstić information content (AvgIpc) is 2.60. The summed E-state index contributed by atoms with van der Waals surface area (Å²) >= 11 is 1.41. The zero-order valence-corrected chi connectivity index (χ0v) is 15.2. The molecule has 0 radical (unpaired) electrons. The third-order valence-electron chi connectivity index (χ3n) is 3.78. The minimum Gasteiger partial charge on any atom is -0.372 e. The van der Waals surface area contributed by atoms with Crippen LogP contribution in [0.25, 0.3) is 0 Å². The number of morpholine rings is 1. The Morgan fingerprint density at radius 2 is 1.96 bits per heavy atom. The molecular formula is C18H22N4O2S. The van der Waals surface area contributed by atoms with Crippen LogP contribution in [-0.4, -0.2) is 46.9 Å². The van der Waals surface area contributed by atoms with Gasteiger partial charge < -0.3 is 15.0 Å². The number of hydrogen-bond acceptors (Lipinski definition) is 6. The molecule has 1 N–H and O–H groups in total. The van der Waals surface area contributed by atoms with Crippen LogP contribution in [0.3, 0.4) is 0 Å². The Morgan fingerprint density at radius 3 is 2.68 bits per heavy atom. The lowest BCUT2D eigenvalue weighted by Gasteiger charge is -2.36. The Labute approximate surface area is 152 Å². The molecule has 1 aromatic heterocycles. The molecule has 2 heterocycles. The van der Waals surface area contributed by atoms with E-state index in [4.69, 9.17) is 4.74 Å². The Kier molecular flexibility index (Phi) is 5.88. The normalized spacial score (nSPS) is 20.3. The monoisotopic (exact) mass is 358 g/mol. The van der Waals surface area contributed by atoms with Gasteiger partial charge in [-0.15, -0.1) is 0 Å². The smallest absolute Gasteiger partial charge is 0.234 e. The van der Waals surface area contributed by atoms with Gasteiger partial charge in [0.15, 0.2) is 0 Å². The van der Waals surface area contributed by atoms with Crippen molar-refractivity contribution in [2.24, 2.45) is 0 Å². The fourth-order valence-electron chi connectivity index (χ4n) is 2.80. The van der Waals surface area contributed by atoms with Crippen molar-refractivity contribution < 1.29 is 9.53 Å². The number of hydrogen-bond donors (Lipinski definition) is 1. The molecule has 1 aromatic carbocycles. The third kappa shape index (κ3) is 5.17. The van der Waals surface area contributed by atoms with Gasteiger partial charge in [0.25, 0.3) is 0 Å². The number of aromatic nitrogens is 2. The second kappa shape index (κ2) is 8.31. The molecule has 1 aliphatic heterocycles. The number of anilines is 2. The van der Waals surface area contributed by atoms with E-state index in [2.05, 4.69) is 34.0 Å². The van der Waals surface area contributed by atoms with Crippen LogP contribution in [0.2, 0.25) is 0 Å². The molecule has 2 aromatic rings. The molecule has 1 aliphatic rings. The predicted octanol–water partition coefficient (Wildman–Crippen LogP) is 2.82. The van der Waals surface area contributed by atoms with Gasteiger partial charge in [-0.25, -0.2) is 9.97 Å². The molecule has 0 saturated carbocycles. The van der Waals surface area contributed by atoms with Crippen LogP contribution in [0.15, 0.2) is 47.8 Å². The number of benzene rings is 1. The highest BCUT2D eigenvalue weighted by molar-refractivity contribution is 7.99. The molecule has 0 aliphatic carbocycles. The molecule has 3 rings (SSSR count). The maximum Gasteiger partial charge on any atom is 0.234 e. The van der Waals surface area contributed by atoms with Crippen molar-refractivity contribution in [2.75, 3.05) is 29.1 Å². The number of carbonyl (C=O) groups excluding carboxylic acids is 1. The van der Waals surface area contributed by atoms with Gasteiger partial charge in [-0.2, -0.15) is 0 Å². The van der Waals surface area contributed by atoms with Crippen LogP contribution in [-0.2, 0) is 9.53 Å². The zero-order valence-electron chi connectivity index (χ0n) is 14.4. The van der Waals surface area contributed by atoms with Crippen molar-refractivity contribution in [1.82, 2.24) is 9.97 Å². The van der Waals surface area contributed by atoms with E-state index in [0.717, 1.165) is 29.6 Å². The van der Waals surface area contributed by atoms with E-state index in [0.29, 0.717) is 5.75 Å². The van der Waals surface area contributed by atoms with Crippen molar-refractivity contribution in [3.05, 3.63) is 42.7 Å². The highest BCUT2D eigenvalue weighted by Crippen LogP contribution is 2.23. The lowest BCUT2D eigenvalue weighted by molar-refractivity contribution is -0.113. The van der Waals surface area contributed by atoms with Crippen LogP contribution in [0, 0.1) is 0 Å². The predicted molar refractivity (Wildman–Crippen MR) is 100 cm³/mol. The van der Waals surface area contributed by atoms with E-state index in [9.17, 15) is 4.79 Å². The number of rotatable bonds is 5. The summed E-state index contributed by atoms with van der Waals surface area (Å²) in [7, 11) is 0. The van der Waals surface area contributed by atoms with Crippen molar-refractivity contribution in [1.29, 1.82) is 0 Å². The number of ether oxygens (including phenoxy) is 1. The lowest BCUT2D eigenvalue weighted by atomic mass is 10.2. The summed E-state index contributed by atoms with van der Waals surface area (Å²) < 4.78 is 5.76. The van der Waals surface area contributed by atoms with Crippen LogP contribution >= 0.6 is 11.8 Å². The molecule has 25 heavy (non-hydrogen) atoms. The summed E-state index contributed by atoms with van der Waals surface area (Å²) in [5.41, 5.74) is 0.799. The van der Waals surface area contributed by atoms with Crippen molar-refractivity contribution in [3.63, 3.8) is 0 Å². The van der Waals surface area contributed by atoms with Gasteiger partial charge in [0.2, 0.25) is 5.91 Å². The maximum atomic E-state index is 12.1. The number of nitrogens with zero attached hydrogens (tertiary/aromatic N) is 3. The molecule has 0 bridgehead atoms. The first-order valence-electron chi connectivity index (χ1n) is 8.30. The van der Waals surface area contributed by atoms with Crippen LogP contribution in [0.1, 0.15) is 13.8 Å². The molecule has 1 saturated heterocycles. The summed E-state index contributed by atoms with van der Waals surface area (Å²) in [5.74, 6) is 1.13. The Balaban J connectivity index is 1.57. The topological polar surface area (TPSA) is 67.4 Å². The van der Waals surface area contributed by atoms with Gasteiger partial charge in [0, 0.05) is 24.8 Å². The Morgan fingerprint density at radius 1 is 1.24 bits per heavy atom. The minimum atomic E-state index is -0.0509. The third-order valence-corrected chi connectivity index (χ3v) is 4.71. The highest BCUT2D eigenvalue weighted by Gasteiger charge is 2.23. The summed E-state index contributed by atoms with van der Waals surface area (Å²) in [4.78, 5) is 22.9. The van der Waals surface area contributed by atoms with Crippen molar-refractivity contribution in [2.45, 2.75) is 31.1 Å². The number of carbonyl (C=O) groups is 1. The molecule has 1 amide bonds. The number of amides is 1. The molecule has 0 spiro atoms. The standard InChI is InChI=1S/C18H22N4O2S/c1-13-9-22(10-14(2)24-13)16-8-18(20-12-19-16)25-11-17(23)21-15-6-4-3-5-7-15/h3-8,12-14H,9-11H2,1-2H3,(H,21,23).